The molecule has 1 aliphatic rings. The van der Waals surface area contributed by atoms with Crippen LogP contribution in [0.25, 0.3) is 0 Å². The fourth-order valence-electron chi connectivity index (χ4n) is 3.28. The zero-order chi connectivity index (χ0) is 19.6. The number of aliphatic hydroxyl groups is 1. The Balaban J connectivity index is 1.82. The zero-order valence-electron chi connectivity index (χ0n) is 15.9. The first-order valence-electron chi connectivity index (χ1n) is 9.54. The maximum Gasteiger partial charge on any atom is 0.303 e. The van der Waals surface area contributed by atoms with E-state index in [2.05, 4.69) is 6.07 Å². The lowest BCUT2D eigenvalue weighted by molar-refractivity contribution is -0.137. The summed E-state index contributed by atoms with van der Waals surface area (Å²) in [4.78, 5) is 24.4. The maximum absolute atomic E-state index is 12.1. The predicted octanol–water partition coefficient (Wildman–Crippen LogP) is 3.26. The molecule has 0 bridgehead atoms. The minimum absolute atomic E-state index is 0.00771. The number of aliphatic hydroxyl groups excluding tert-OH is 1. The van der Waals surface area contributed by atoms with Gasteiger partial charge in [0.1, 0.15) is 0 Å². The van der Waals surface area contributed by atoms with Crippen molar-refractivity contribution in [3.63, 3.8) is 0 Å². The molecule has 146 valence electrons. The predicted molar refractivity (Wildman–Crippen MR) is 105 cm³/mol. The topological polar surface area (TPSA) is 77.8 Å². The van der Waals surface area contributed by atoms with Gasteiger partial charge in [0.2, 0.25) is 5.91 Å². The van der Waals surface area contributed by atoms with Crippen LogP contribution in [0, 0.1) is 6.92 Å². The average Bonchev–Trinajstić information content (AvgIpc) is 2.96. The van der Waals surface area contributed by atoms with Crippen LogP contribution in [0.1, 0.15) is 43.2 Å². The number of carbonyl (C=O) groups excluding carboxylic acids is 1. The van der Waals surface area contributed by atoms with Gasteiger partial charge in [0.15, 0.2) is 0 Å². The van der Waals surface area contributed by atoms with Crippen molar-refractivity contribution < 1.29 is 19.8 Å². The van der Waals surface area contributed by atoms with E-state index in [4.69, 9.17) is 5.11 Å². The van der Waals surface area contributed by atoms with E-state index in [1.54, 1.807) is 6.08 Å². The normalized spacial score (nSPS) is 18.7. The van der Waals surface area contributed by atoms with Gasteiger partial charge in [-0.25, -0.2) is 0 Å². The van der Waals surface area contributed by atoms with Crippen molar-refractivity contribution in [1.29, 1.82) is 0 Å². The summed E-state index contributed by atoms with van der Waals surface area (Å²) in [5.41, 5.74) is 2.27. The van der Waals surface area contributed by atoms with Crippen LogP contribution < -0.4 is 0 Å². The van der Waals surface area contributed by atoms with Crippen molar-refractivity contribution in [1.82, 2.24) is 4.90 Å². The summed E-state index contributed by atoms with van der Waals surface area (Å²) in [7, 11) is 0. The molecule has 0 saturated carbocycles. The highest BCUT2D eigenvalue weighted by Gasteiger charge is 2.28. The Hall–Kier alpha value is -2.40. The molecular formula is C22H29NO4. The molecule has 27 heavy (non-hydrogen) atoms. The number of unbranched alkanes of at least 4 members (excludes halogenated alkanes) is 1. The second-order valence-corrected chi connectivity index (χ2v) is 7.05. The van der Waals surface area contributed by atoms with Gasteiger partial charge in [0.25, 0.3) is 0 Å². The smallest absolute Gasteiger partial charge is 0.303 e. The highest BCUT2D eigenvalue weighted by Crippen LogP contribution is 2.20. The van der Waals surface area contributed by atoms with Gasteiger partial charge in [-0.2, -0.15) is 0 Å². The summed E-state index contributed by atoms with van der Waals surface area (Å²) in [6.07, 6.45) is 10.3. The third kappa shape index (κ3) is 7.39. The Bertz CT molecular complexity index is 695. The lowest BCUT2D eigenvalue weighted by Crippen LogP contribution is -2.32. The summed E-state index contributed by atoms with van der Waals surface area (Å²) in [5.74, 6) is -0.666. The van der Waals surface area contributed by atoms with Gasteiger partial charge in [-0.3, -0.25) is 9.59 Å². The van der Waals surface area contributed by atoms with Gasteiger partial charge in [0.05, 0.1) is 12.1 Å². The van der Waals surface area contributed by atoms with Crippen LogP contribution in [0.15, 0.2) is 48.6 Å². The van der Waals surface area contributed by atoms with Gasteiger partial charge in [-0.05, 0) is 31.7 Å². The van der Waals surface area contributed by atoms with Gasteiger partial charge >= 0.3 is 5.97 Å². The van der Waals surface area contributed by atoms with Crippen LogP contribution in [0.5, 0.6) is 0 Å². The summed E-state index contributed by atoms with van der Waals surface area (Å²) >= 11 is 0. The molecule has 5 nitrogen and oxygen atoms in total. The van der Waals surface area contributed by atoms with Gasteiger partial charge in [0, 0.05) is 25.8 Å². The van der Waals surface area contributed by atoms with Crippen molar-refractivity contribution in [2.75, 3.05) is 6.54 Å². The van der Waals surface area contributed by atoms with E-state index in [1.807, 2.05) is 48.3 Å². The molecule has 1 aromatic rings. The number of nitrogens with zero attached hydrogens (tertiary/aromatic N) is 1. The number of carbonyl (C=O) groups is 2. The lowest BCUT2D eigenvalue weighted by Gasteiger charge is -2.21. The number of aliphatic carboxylic acids is 1. The standard InChI is InChI=1S/C22H29NO4/c1-17-7-6-8-18(15-17)16-20(24)12-10-19-11-13-21(25)23(19)14-5-3-2-4-9-22(26)27/h3,5-8,10,12,15,19-20,24H,2,4,9,11,13-14,16H2,1H3,(H,26,27)/t19-,20+/m0/s1. The highest BCUT2D eigenvalue weighted by molar-refractivity contribution is 5.79. The van der Waals surface area contributed by atoms with Crippen LogP contribution in [0.3, 0.4) is 0 Å². The van der Waals surface area contributed by atoms with Gasteiger partial charge in [-0.15, -0.1) is 0 Å². The minimum atomic E-state index is -0.785. The number of benzene rings is 1. The molecule has 0 radical (unpaired) electrons. The number of carboxylic acid groups (broad SMARTS) is 1. The summed E-state index contributed by atoms with van der Waals surface area (Å²) in [6, 6.07) is 8.10. The number of allylic oxidation sites excluding steroid dienone is 1. The van der Waals surface area contributed by atoms with Crippen LogP contribution in [0.4, 0.5) is 0 Å². The Morgan fingerprint density at radius 2 is 2.19 bits per heavy atom. The zero-order valence-corrected chi connectivity index (χ0v) is 15.9. The molecule has 1 amide bonds. The molecule has 1 aromatic carbocycles. The first-order valence-corrected chi connectivity index (χ1v) is 9.54. The van der Waals surface area contributed by atoms with Crippen molar-refractivity contribution >= 4 is 11.9 Å². The maximum atomic E-state index is 12.1. The average molecular weight is 371 g/mol. The second-order valence-electron chi connectivity index (χ2n) is 7.05. The van der Waals surface area contributed by atoms with E-state index in [0.29, 0.717) is 32.2 Å². The third-order valence-electron chi connectivity index (χ3n) is 4.69. The first-order chi connectivity index (χ1) is 13.0. The van der Waals surface area contributed by atoms with Crippen molar-refractivity contribution in [3.05, 3.63) is 59.7 Å². The van der Waals surface area contributed by atoms with Gasteiger partial charge < -0.3 is 15.1 Å². The monoisotopic (exact) mass is 371 g/mol. The fourth-order valence-corrected chi connectivity index (χ4v) is 3.28. The Morgan fingerprint density at radius 3 is 2.93 bits per heavy atom. The lowest BCUT2D eigenvalue weighted by atomic mass is 10.0. The van der Waals surface area contributed by atoms with E-state index < -0.39 is 12.1 Å². The molecule has 0 aromatic heterocycles. The quantitative estimate of drug-likeness (QED) is 0.489. The first kappa shape index (κ1) is 20.9. The van der Waals surface area contributed by atoms with E-state index >= 15 is 0 Å². The van der Waals surface area contributed by atoms with E-state index in [1.165, 1.54) is 5.56 Å². The molecule has 0 aliphatic carbocycles. The number of carboxylic acids is 1. The van der Waals surface area contributed by atoms with E-state index in [9.17, 15) is 14.7 Å². The number of amides is 1. The third-order valence-corrected chi connectivity index (χ3v) is 4.69. The number of likely N-dealkylation sites (tertiary alicyclic amines) is 1. The van der Waals surface area contributed by atoms with E-state index in [-0.39, 0.29) is 18.4 Å². The minimum Gasteiger partial charge on any atom is -0.481 e. The Kier molecular flexibility index (Phi) is 8.27. The van der Waals surface area contributed by atoms with Crippen molar-refractivity contribution in [2.45, 2.75) is 57.6 Å². The highest BCUT2D eigenvalue weighted by atomic mass is 16.4. The molecule has 0 spiro atoms. The molecule has 1 aliphatic heterocycles. The molecular weight excluding hydrogens is 342 g/mol. The molecule has 5 heteroatoms. The summed E-state index contributed by atoms with van der Waals surface area (Å²) < 4.78 is 0. The van der Waals surface area contributed by atoms with Crippen LogP contribution in [-0.2, 0) is 16.0 Å². The van der Waals surface area contributed by atoms with E-state index in [0.717, 1.165) is 12.0 Å². The largest absolute Gasteiger partial charge is 0.481 e. The Morgan fingerprint density at radius 1 is 1.37 bits per heavy atom. The van der Waals surface area contributed by atoms with Crippen LogP contribution >= 0.6 is 0 Å². The molecule has 1 heterocycles. The molecule has 1 fully saturated rings. The van der Waals surface area contributed by atoms with Gasteiger partial charge in [-0.1, -0.05) is 54.1 Å². The van der Waals surface area contributed by atoms with Crippen LogP contribution in [0.2, 0.25) is 0 Å². The van der Waals surface area contributed by atoms with Crippen molar-refractivity contribution in [3.8, 4) is 0 Å². The summed E-state index contributed by atoms with van der Waals surface area (Å²) in [6.45, 7) is 2.55. The molecule has 0 unspecified atom stereocenters. The number of hydrogen-bond acceptors (Lipinski definition) is 3. The van der Waals surface area contributed by atoms with Crippen LogP contribution in [-0.4, -0.2) is 45.7 Å². The SMILES string of the molecule is Cc1cccc(C[C@H](O)C=C[C@H]2CCC(=O)N2CC=CCCCC(=O)O)c1. The molecule has 2 atom stereocenters. The molecule has 2 rings (SSSR count). The Labute approximate surface area is 161 Å². The van der Waals surface area contributed by atoms with Crippen molar-refractivity contribution in [2.24, 2.45) is 0 Å². The number of hydrogen-bond donors (Lipinski definition) is 2. The molecule has 1 saturated heterocycles. The number of aryl methyl sites for hydroxylation is 1. The molecule has 2 N–H and O–H groups in total. The summed E-state index contributed by atoms with van der Waals surface area (Å²) in [5, 5.41) is 18.9. The fraction of sp³-hybridized carbons (Fsp3) is 0.455. The number of rotatable bonds is 10. The second kappa shape index (κ2) is 10.7.